The smallest absolute Gasteiger partial charge is 0.410 e. The van der Waals surface area contributed by atoms with Crippen molar-refractivity contribution in [1.29, 1.82) is 0 Å². The van der Waals surface area contributed by atoms with Gasteiger partial charge in [-0.1, -0.05) is 6.08 Å². The van der Waals surface area contributed by atoms with Crippen molar-refractivity contribution < 1.29 is 14.3 Å². The lowest BCUT2D eigenvalue weighted by atomic mass is 10.1. The van der Waals surface area contributed by atoms with Crippen molar-refractivity contribution in [3.63, 3.8) is 0 Å². The second-order valence-corrected chi connectivity index (χ2v) is 4.93. The van der Waals surface area contributed by atoms with E-state index in [4.69, 9.17) is 4.74 Å². The van der Waals surface area contributed by atoms with Crippen molar-refractivity contribution in [2.24, 2.45) is 0 Å². The van der Waals surface area contributed by atoms with Gasteiger partial charge in [-0.25, -0.2) is 4.79 Å². The molecule has 0 radical (unpaired) electrons. The van der Waals surface area contributed by atoms with Crippen molar-refractivity contribution in [2.75, 3.05) is 6.54 Å². The minimum Gasteiger partial charge on any atom is -0.444 e. The maximum atomic E-state index is 11.8. The summed E-state index contributed by atoms with van der Waals surface area (Å²) in [5.74, 6) is 0.0887. The number of ketones is 1. The van der Waals surface area contributed by atoms with Crippen LogP contribution in [-0.2, 0) is 9.53 Å². The van der Waals surface area contributed by atoms with Crippen molar-refractivity contribution in [1.82, 2.24) is 4.90 Å². The van der Waals surface area contributed by atoms with Crippen LogP contribution in [0.5, 0.6) is 0 Å². The van der Waals surface area contributed by atoms with Gasteiger partial charge >= 0.3 is 6.09 Å². The Bertz CT molecular complexity index is 304. The van der Waals surface area contributed by atoms with Gasteiger partial charge in [-0.05, 0) is 27.2 Å². The molecule has 1 rings (SSSR count). The molecule has 0 bridgehead atoms. The SMILES string of the molecule is C=CCC1C(=O)CCN1C(=O)OC(C)(C)C. The minimum absolute atomic E-state index is 0.0887. The molecule has 4 heteroatoms. The largest absolute Gasteiger partial charge is 0.444 e. The monoisotopic (exact) mass is 225 g/mol. The molecule has 0 N–H and O–H groups in total. The fourth-order valence-corrected chi connectivity index (χ4v) is 1.68. The summed E-state index contributed by atoms with van der Waals surface area (Å²) in [6.07, 6.45) is 2.16. The lowest BCUT2D eigenvalue weighted by Gasteiger charge is -2.27. The molecule has 1 aliphatic heterocycles. The van der Waals surface area contributed by atoms with E-state index < -0.39 is 11.7 Å². The number of ether oxygens (including phenoxy) is 1. The molecule has 0 aromatic heterocycles. The Morgan fingerprint density at radius 1 is 1.62 bits per heavy atom. The maximum Gasteiger partial charge on any atom is 0.410 e. The first-order valence-electron chi connectivity index (χ1n) is 5.48. The van der Waals surface area contributed by atoms with Crippen molar-refractivity contribution in [3.05, 3.63) is 12.7 Å². The fourth-order valence-electron chi connectivity index (χ4n) is 1.68. The van der Waals surface area contributed by atoms with Crippen molar-refractivity contribution in [3.8, 4) is 0 Å². The third-order valence-corrected chi connectivity index (χ3v) is 2.36. The minimum atomic E-state index is -0.526. The molecule has 16 heavy (non-hydrogen) atoms. The summed E-state index contributed by atoms with van der Waals surface area (Å²) in [6.45, 7) is 9.48. The number of carbonyl (C=O) groups excluding carboxylic acids is 2. The molecule has 0 saturated carbocycles. The zero-order valence-electron chi connectivity index (χ0n) is 10.2. The Kier molecular flexibility index (Phi) is 3.73. The van der Waals surface area contributed by atoms with E-state index in [-0.39, 0.29) is 11.8 Å². The van der Waals surface area contributed by atoms with Gasteiger partial charge in [-0.3, -0.25) is 9.69 Å². The van der Waals surface area contributed by atoms with E-state index in [1.54, 1.807) is 6.08 Å². The molecule has 1 atom stereocenters. The summed E-state index contributed by atoms with van der Waals surface area (Å²) in [5, 5.41) is 0. The number of likely N-dealkylation sites (tertiary alicyclic amines) is 1. The number of carbonyl (C=O) groups is 2. The predicted octanol–water partition coefficient (Wildman–Crippen LogP) is 2.14. The third kappa shape index (κ3) is 3.08. The molecule has 90 valence electrons. The van der Waals surface area contributed by atoms with E-state index in [0.717, 1.165) is 0 Å². The second-order valence-electron chi connectivity index (χ2n) is 4.93. The highest BCUT2D eigenvalue weighted by molar-refractivity contribution is 5.90. The van der Waals surface area contributed by atoms with Gasteiger partial charge in [0.25, 0.3) is 0 Å². The molecule has 1 heterocycles. The van der Waals surface area contributed by atoms with Gasteiger partial charge in [0.1, 0.15) is 5.60 Å². The van der Waals surface area contributed by atoms with Gasteiger partial charge in [-0.15, -0.1) is 6.58 Å². The summed E-state index contributed by atoms with van der Waals surface area (Å²) in [4.78, 5) is 24.9. The molecule has 4 nitrogen and oxygen atoms in total. The highest BCUT2D eigenvalue weighted by atomic mass is 16.6. The summed E-state index contributed by atoms with van der Waals surface area (Å²) in [6, 6.07) is -0.382. The van der Waals surface area contributed by atoms with E-state index in [0.29, 0.717) is 19.4 Å². The molecule has 0 aromatic rings. The summed E-state index contributed by atoms with van der Waals surface area (Å²) < 4.78 is 5.25. The topological polar surface area (TPSA) is 46.6 Å². The maximum absolute atomic E-state index is 11.8. The first-order valence-corrected chi connectivity index (χ1v) is 5.48. The van der Waals surface area contributed by atoms with E-state index >= 15 is 0 Å². The Balaban J connectivity index is 2.68. The van der Waals surface area contributed by atoms with Crippen molar-refractivity contribution >= 4 is 11.9 Å². The van der Waals surface area contributed by atoms with Crippen LogP contribution < -0.4 is 0 Å². The van der Waals surface area contributed by atoms with Crippen LogP contribution in [0, 0.1) is 0 Å². The van der Waals surface area contributed by atoms with E-state index in [2.05, 4.69) is 6.58 Å². The number of hydrogen-bond acceptors (Lipinski definition) is 3. The van der Waals surface area contributed by atoms with Gasteiger partial charge < -0.3 is 4.74 Å². The van der Waals surface area contributed by atoms with Crippen LogP contribution in [0.1, 0.15) is 33.6 Å². The standard InChI is InChI=1S/C12H19NO3/c1-5-6-9-10(14)7-8-13(9)11(15)16-12(2,3)4/h5,9H,1,6-8H2,2-4H3. The molecule has 0 aromatic carbocycles. The van der Waals surface area contributed by atoms with Crippen LogP contribution >= 0.6 is 0 Å². The highest BCUT2D eigenvalue weighted by Crippen LogP contribution is 2.20. The first-order chi connectivity index (χ1) is 7.35. The molecule has 1 fully saturated rings. The van der Waals surface area contributed by atoms with Crippen LogP contribution in [0.2, 0.25) is 0 Å². The van der Waals surface area contributed by atoms with Gasteiger partial charge in [0.05, 0.1) is 6.04 Å². The molecular formula is C12H19NO3. The Hall–Kier alpha value is -1.32. The molecule has 1 saturated heterocycles. The first kappa shape index (κ1) is 12.7. The van der Waals surface area contributed by atoms with E-state index in [1.807, 2.05) is 20.8 Å². The number of amides is 1. The van der Waals surface area contributed by atoms with Crippen LogP contribution in [0.4, 0.5) is 4.79 Å². The molecule has 1 aliphatic rings. The zero-order chi connectivity index (χ0) is 12.3. The predicted molar refractivity (Wildman–Crippen MR) is 61.2 cm³/mol. The number of Topliss-reactive ketones (excluding diaryl/α,β-unsaturated/α-hetero) is 1. The van der Waals surface area contributed by atoms with Gasteiger partial charge in [0.15, 0.2) is 5.78 Å². The lowest BCUT2D eigenvalue weighted by Crippen LogP contribution is -2.41. The Morgan fingerprint density at radius 3 is 2.75 bits per heavy atom. The third-order valence-electron chi connectivity index (χ3n) is 2.36. The quantitative estimate of drug-likeness (QED) is 0.676. The molecule has 0 aliphatic carbocycles. The molecule has 0 spiro atoms. The normalized spacial score (nSPS) is 21.1. The van der Waals surface area contributed by atoms with Crippen LogP contribution in [0.25, 0.3) is 0 Å². The van der Waals surface area contributed by atoms with Gasteiger partial charge in [-0.2, -0.15) is 0 Å². The van der Waals surface area contributed by atoms with Crippen LogP contribution in [0.15, 0.2) is 12.7 Å². The van der Waals surface area contributed by atoms with Gasteiger partial charge in [0.2, 0.25) is 0 Å². The molecular weight excluding hydrogens is 206 g/mol. The van der Waals surface area contributed by atoms with Crippen LogP contribution in [0.3, 0.4) is 0 Å². The van der Waals surface area contributed by atoms with E-state index in [9.17, 15) is 9.59 Å². The second kappa shape index (κ2) is 4.68. The van der Waals surface area contributed by atoms with E-state index in [1.165, 1.54) is 4.90 Å². The fraction of sp³-hybridized carbons (Fsp3) is 0.667. The van der Waals surface area contributed by atoms with Crippen molar-refractivity contribution in [2.45, 2.75) is 45.3 Å². The summed E-state index contributed by atoms with van der Waals surface area (Å²) in [7, 11) is 0. The highest BCUT2D eigenvalue weighted by Gasteiger charge is 2.36. The number of nitrogens with zero attached hydrogens (tertiary/aromatic N) is 1. The Labute approximate surface area is 96.3 Å². The Morgan fingerprint density at radius 2 is 2.25 bits per heavy atom. The lowest BCUT2D eigenvalue weighted by molar-refractivity contribution is -0.119. The summed E-state index contributed by atoms with van der Waals surface area (Å²) in [5.41, 5.74) is -0.526. The average Bonchev–Trinajstić information content (AvgIpc) is 2.46. The van der Waals surface area contributed by atoms with Crippen LogP contribution in [-0.4, -0.2) is 35.0 Å². The summed E-state index contributed by atoms with van der Waals surface area (Å²) >= 11 is 0. The average molecular weight is 225 g/mol. The molecule has 1 amide bonds. The molecule has 1 unspecified atom stereocenters. The zero-order valence-corrected chi connectivity index (χ0v) is 10.2. The van der Waals surface area contributed by atoms with Gasteiger partial charge in [0, 0.05) is 13.0 Å². The number of hydrogen-bond donors (Lipinski definition) is 0. The number of rotatable bonds is 2.